The van der Waals surface area contributed by atoms with Crippen molar-refractivity contribution in [3.63, 3.8) is 0 Å². The molecule has 36 heavy (non-hydrogen) atoms. The Balaban J connectivity index is 1.95. The average Bonchev–Trinajstić information content (AvgIpc) is 2.83. The highest BCUT2D eigenvalue weighted by Gasteiger charge is 2.29. The monoisotopic (exact) mass is 510 g/mol. The molecule has 2 aromatic carbocycles. The number of carbonyl (C=O) groups excluding carboxylic acids is 1. The van der Waals surface area contributed by atoms with Crippen molar-refractivity contribution in [3.05, 3.63) is 95.0 Å². The van der Waals surface area contributed by atoms with E-state index in [1.165, 1.54) is 31.6 Å². The molecule has 8 nitrogen and oxygen atoms in total. The van der Waals surface area contributed by atoms with E-state index in [0.29, 0.717) is 16.0 Å². The Kier molecular flexibility index (Phi) is 8.49. The summed E-state index contributed by atoms with van der Waals surface area (Å²) in [4.78, 5) is 12.7. The van der Waals surface area contributed by atoms with Gasteiger partial charge in [0.1, 0.15) is 17.9 Å². The van der Waals surface area contributed by atoms with E-state index in [-0.39, 0.29) is 11.4 Å². The standard InChI is InChI=1S/C27H30N2O6S/c1-27(2,3)35-26(30)20-29(36(32,33)25-13-11-24(34-4)12-14-25)19-23-8-6-5-7-22(23)10-9-21-15-17-28(31)18-16-21/h5-18H,19-20H2,1-4H3/b10-9+. The van der Waals surface area contributed by atoms with Crippen molar-refractivity contribution >= 4 is 28.1 Å². The molecule has 0 radical (unpaired) electrons. The SMILES string of the molecule is COc1ccc(S(=O)(=O)N(CC(=O)OC(C)(C)C)Cc2ccccc2/C=C/c2cc[n+]([O-])cc2)cc1. The van der Waals surface area contributed by atoms with Crippen LogP contribution in [0.2, 0.25) is 0 Å². The molecule has 0 bridgehead atoms. The van der Waals surface area contributed by atoms with E-state index < -0.39 is 28.1 Å². The van der Waals surface area contributed by atoms with Crippen LogP contribution in [0.5, 0.6) is 5.75 Å². The first kappa shape index (κ1) is 26.9. The summed E-state index contributed by atoms with van der Waals surface area (Å²) in [5.41, 5.74) is 1.53. The van der Waals surface area contributed by atoms with Crippen molar-refractivity contribution in [3.8, 4) is 5.75 Å². The van der Waals surface area contributed by atoms with Crippen LogP contribution < -0.4 is 9.47 Å². The van der Waals surface area contributed by atoms with Gasteiger partial charge < -0.3 is 14.7 Å². The quantitative estimate of drug-likeness (QED) is 0.245. The van der Waals surface area contributed by atoms with Crippen LogP contribution >= 0.6 is 0 Å². The Morgan fingerprint density at radius 1 is 1.00 bits per heavy atom. The summed E-state index contributed by atoms with van der Waals surface area (Å²) in [6.07, 6.45) is 6.46. The number of pyridine rings is 1. The number of hydrogen-bond donors (Lipinski definition) is 0. The summed E-state index contributed by atoms with van der Waals surface area (Å²) in [7, 11) is -2.55. The molecule has 0 amide bonds. The Hall–Kier alpha value is -3.69. The molecule has 3 rings (SSSR count). The Labute approximate surface area is 212 Å². The summed E-state index contributed by atoms with van der Waals surface area (Å²) < 4.78 is 39.5. The van der Waals surface area contributed by atoms with Crippen molar-refractivity contribution in [2.45, 2.75) is 37.8 Å². The molecule has 0 aliphatic heterocycles. The number of nitrogens with zero attached hydrogens (tertiary/aromatic N) is 2. The summed E-state index contributed by atoms with van der Waals surface area (Å²) in [5, 5.41) is 11.3. The highest BCUT2D eigenvalue weighted by Crippen LogP contribution is 2.24. The molecule has 0 spiro atoms. The van der Waals surface area contributed by atoms with Gasteiger partial charge in [-0.25, -0.2) is 8.42 Å². The smallest absolute Gasteiger partial charge is 0.321 e. The van der Waals surface area contributed by atoms with Crippen LogP contribution in [0.3, 0.4) is 0 Å². The second-order valence-electron chi connectivity index (χ2n) is 9.06. The number of methoxy groups -OCH3 is 1. The third-order valence-electron chi connectivity index (χ3n) is 5.11. The van der Waals surface area contributed by atoms with Crippen molar-refractivity contribution in [2.24, 2.45) is 0 Å². The Bertz CT molecular complexity index is 1310. The number of esters is 1. The third kappa shape index (κ3) is 7.40. The van der Waals surface area contributed by atoms with Gasteiger partial charge in [-0.05, 0) is 61.7 Å². The number of benzene rings is 2. The van der Waals surface area contributed by atoms with Crippen LogP contribution in [0.1, 0.15) is 37.5 Å². The van der Waals surface area contributed by atoms with Crippen LogP contribution in [0.25, 0.3) is 12.2 Å². The number of rotatable bonds is 9. The Morgan fingerprint density at radius 2 is 1.64 bits per heavy atom. The zero-order valence-electron chi connectivity index (χ0n) is 20.7. The third-order valence-corrected chi connectivity index (χ3v) is 6.91. The molecular formula is C27H30N2O6S. The molecule has 190 valence electrons. The van der Waals surface area contributed by atoms with Gasteiger partial charge in [-0.1, -0.05) is 36.4 Å². The maximum atomic E-state index is 13.6. The fourth-order valence-corrected chi connectivity index (χ4v) is 4.76. The van der Waals surface area contributed by atoms with E-state index in [2.05, 4.69) is 0 Å². The largest absolute Gasteiger partial charge is 0.619 e. The maximum absolute atomic E-state index is 13.6. The van der Waals surface area contributed by atoms with Gasteiger partial charge in [0.15, 0.2) is 12.4 Å². The molecule has 3 aromatic rings. The first-order chi connectivity index (χ1) is 17.0. The summed E-state index contributed by atoms with van der Waals surface area (Å²) in [5.74, 6) is -0.130. The van der Waals surface area contributed by atoms with E-state index >= 15 is 0 Å². The van der Waals surface area contributed by atoms with E-state index in [4.69, 9.17) is 9.47 Å². The van der Waals surface area contributed by atoms with Gasteiger partial charge in [-0.3, -0.25) is 4.79 Å². The number of ether oxygens (including phenoxy) is 2. The van der Waals surface area contributed by atoms with Gasteiger partial charge in [0.05, 0.1) is 12.0 Å². The van der Waals surface area contributed by atoms with Crippen LogP contribution in [0.15, 0.2) is 78.0 Å². The lowest BCUT2D eigenvalue weighted by Gasteiger charge is -2.25. The zero-order valence-corrected chi connectivity index (χ0v) is 21.6. The normalized spacial score (nSPS) is 12.1. The minimum absolute atomic E-state index is 0.0371. The first-order valence-corrected chi connectivity index (χ1v) is 12.7. The van der Waals surface area contributed by atoms with Gasteiger partial charge in [0.2, 0.25) is 10.0 Å². The average molecular weight is 511 g/mol. The van der Waals surface area contributed by atoms with Gasteiger partial charge in [0.25, 0.3) is 0 Å². The lowest BCUT2D eigenvalue weighted by molar-refractivity contribution is -0.605. The Morgan fingerprint density at radius 3 is 2.25 bits per heavy atom. The van der Waals surface area contributed by atoms with Gasteiger partial charge in [-0.2, -0.15) is 9.04 Å². The molecule has 9 heteroatoms. The number of carbonyl (C=O) groups is 1. The molecule has 0 unspecified atom stereocenters. The first-order valence-electron chi connectivity index (χ1n) is 11.3. The second-order valence-corrected chi connectivity index (χ2v) is 11.0. The highest BCUT2D eigenvalue weighted by atomic mass is 32.2. The minimum atomic E-state index is -4.05. The summed E-state index contributed by atoms with van der Waals surface area (Å²) >= 11 is 0. The lowest BCUT2D eigenvalue weighted by Crippen LogP contribution is -2.38. The fraction of sp³-hybridized carbons (Fsp3) is 0.259. The van der Waals surface area contributed by atoms with E-state index in [0.717, 1.165) is 15.4 Å². The molecule has 0 atom stereocenters. The minimum Gasteiger partial charge on any atom is -0.619 e. The van der Waals surface area contributed by atoms with E-state index in [1.54, 1.807) is 51.1 Å². The topological polar surface area (TPSA) is 99.9 Å². The lowest BCUT2D eigenvalue weighted by atomic mass is 10.1. The second kappa shape index (κ2) is 11.4. The fourth-order valence-electron chi connectivity index (χ4n) is 3.39. The number of aromatic nitrogens is 1. The molecule has 0 aliphatic carbocycles. The van der Waals surface area contributed by atoms with Gasteiger partial charge in [0, 0.05) is 18.7 Å². The van der Waals surface area contributed by atoms with Gasteiger partial charge in [-0.15, -0.1) is 0 Å². The van der Waals surface area contributed by atoms with Gasteiger partial charge >= 0.3 is 5.97 Å². The predicted molar refractivity (Wildman–Crippen MR) is 137 cm³/mol. The molecule has 0 N–H and O–H groups in total. The molecule has 1 heterocycles. The zero-order chi connectivity index (χ0) is 26.3. The van der Waals surface area contributed by atoms with Crippen molar-refractivity contribution in [2.75, 3.05) is 13.7 Å². The van der Waals surface area contributed by atoms with Crippen molar-refractivity contribution in [1.82, 2.24) is 4.31 Å². The molecule has 0 fully saturated rings. The van der Waals surface area contributed by atoms with Crippen LogP contribution in [-0.2, 0) is 26.1 Å². The van der Waals surface area contributed by atoms with Crippen LogP contribution in [-0.4, -0.2) is 37.9 Å². The molecule has 0 saturated heterocycles. The summed E-state index contributed by atoms with van der Waals surface area (Å²) in [6, 6.07) is 16.7. The van der Waals surface area contributed by atoms with E-state index in [1.807, 2.05) is 30.4 Å². The van der Waals surface area contributed by atoms with E-state index in [9.17, 15) is 18.4 Å². The highest BCUT2D eigenvalue weighted by molar-refractivity contribution is 7.89. The molecular weight excluding hydrogens is 480 g/mol. The van der Waals surface area contributed by atoms with Crippen LogP contribution in [0, 0.1) is 5.21 Å². The number of sulfonamides is 1. The molecule has 0 saturated carbocycles. The maximum Gasteiger partial charge on any atom is 0.321 e. The van der Waals surface area contributed by atoms with Crippen molar-refractivity contribution < 1.29 is 27.4 Å². The predicted octanol–water partition coefficient (Wildman–Crippen LogP) is 4.03. The summed E-state index contributed by atoms with van der Waals surface area (Å²) in [6.45, 7) is 4.68. The molecule has 1 aromatic heterocycles. The number of hydrogen-bond acceptors (Lipinski definition) is 6. The molecule has 0 aliphatic rings. The van der Waals surface area contributed by atoms with Crippen molar-refractivity contribution in [1.29, 1.82) is 0 Å². The van der Waals surface area contributed by atoms with Crippen LogP contribution in [0.4, 0.5) is 0 Å².